The van der Waals surface area contributed by atoms with Crippen molar-refractivity contribution >= 4 is 93.1 Å². The minimum absolute atomic E-state index is 0.864. The van der Waals surface area contributed by atoms with Gasteiger partial charge in [-0.25, -0.2) is 0 Å². The molecule has 0 aliphatic rings. The molecule has 0 saturated heterocycles. The highest BCUT2D eigenvalue weighted by Crippen LogP contribution is 2.43. The number of para-hydroxylation sites is 2. The topological polar surface area (TPSA) is 21.3 Å². The molecule has 0 saturated carbocycles. The Labute approximate surface area is 363 Å². The summed E-state index contributed by atoms with van der Waals surface area (Å²) in [6, 6.07) is 83.5. The molecule has 3 heteroatoms. The molecule has 2 aromatic heterocycles. The van der Waals surface area contributed by atoms with Crippen molar-refractivity contribution < 1.29 is 4.42 Å². The van der Waals surface area contributed by atoms with Crippen LogP contribution in [0.3, 0.4) is 0 Å². The zero-order valence-corrected chi connectivity index (χ0v) is 34.2. The molecule has 2 heterocycles. The Balaban J connectivity index is 0.926. The van der Waals surface area contributed by atoms with Crippen LogP contribution in [0.25, 0.3) is 104 Å². The Kier molecular flexibility index (Phi) is 7.91. The molecule has 13 rings (SSSR count). The molecule has 0 radical (unpaired) electrons. The van der Waals surface area contributed by atoms with E-state index in [4.69, 9.17) is 4.42 Å². The molecule has 3 nitrogen and oxygen atoms in total. The van der Waals surface area contributed by atoms with Crippen LogP contribution in [0.2, 0.25) is 0 Å². The third kappa shape index (κ3) is 5.75. The normalized spacial score (nSPS) is 11.8. The lowest BCUT2D eigenvalue weighted by atomic mass is 9.97. The number of fused-ring (bicyclic) bond motifs is 11. The number of furan rings is 1. The maximum absolute atomic E-state index is 6.63. The van der Waals surface area contributed by atoms with Crippen LogP contribution in [0.15, 0.2) is 235 Å². The first kappa shape index (κ1) is 35.4. The standard InChI is InChI=1S/C60H38N2O/c1-2-10-39(11-3-1)44-25-33-50-45(36-44)19-18-43-24-31-48(37-55(43)50)61(49-32-34-54-59(38-49)63-58-35-26-42-12-4-5-13-51(42)60(54)58)46-27-20-40(21-28-46)41-22-29-47(30-23-41)62-56-16-8-6-14-52(56)53-15-7-9-17-57(53)62/h1-38H. The van der Waals surface area contributed by atoms with E-state index in [0.717, 1.165) is 50.3 Å². The van der Waals surface area contributed by atoms with Crippen LogP contribution in [0.5, 0.6) is 0 Å². The highest BCUT2D eigenvalue weighted by molar-refractivity contribution is 6.19. The van der Waals surface area contributed by atoms with Crippen LogP contribution >= 0.6 is 0 Å². The zero-order chi connectivity index (χ0) is 41.4. The number of rotatable bonds is 6. The number of aromatic nitrogens is 1. The number of benzene rings is 11. The van der Waals surface area contributed by atoms with Crippen molar-refractivity contribution in [1.82, 2.24) is 4.57 Å². The van der Waals surface area contributed by atoms with Crippen LogP contribution in [-0.4, -0.2) is 4.57 Å². The van der Waals surface area contributed by atoms with Crippen molar-refractivity contribution in [2.45, 2.75) is 0 Å². The van der Waals surface area contributed by atoms with Gasteiger partial charge in [0.2, 0.25) is 0 Å². The summed E-state index contributed by atoms with van der Waals surface area (Å²) in [5, 5.41) is 12.1. The highest BCUT2D eigenvalue weighted by atomic mass is 16.3. The van der Waals surface area contributed by atoms with Gasteiger partial charge >= 0.3 is 0 Å². The van der Waals surface area contributed by atoms with Gasteiger partial charge in [-0.3, -0.25) is 0 Å². The van der Waals surface area contributed by atoms with E-state index >= 15 is 0 Å². The van der Waals surface area contributed by atoms with Crippen molar-refractivity contribution in [2.24, 2.45) is 0 Å². The lowest BCUT2D eigenvalue weighted by molar-refractivity contribution is 0.669. The molecule has 0 fully saturated rings. The number of nitrogens with zero attached hydrogens (tertiary/aromatic N) is 2. The molecular weight excluding hydrogens is 765 g/mol. The second-order valence-corrected chi connectivity index (χ2v) is 16.5. The maximum atomic E-state index is 6.63. The second kappa shape index (κ2) is 14.1. The van der Waals surface area contributed by atoms with Gasteiger partial charge in [0.25, 0.3) is 0 Å². The number of hydrogen-bond donors (Lipinski definition) is 0. The SMILES string of the molecule is c1ccc(-c2ccc3c(ccc4ccc(N(c5ccc(-c6ccc(-n7c8ccccc8c8ccccc87)cc6)cc5)c5ccc6c(c5)oc5ccc7ccccc7c56)cc43)c2)cc1. The largest absolute Gasteiger partial charge is 0.456 e. The Morgan fingerprint density at radius 1 is 0.302 bits per heavy atom. The average molecular weight is 803 g/mol. The zero-order valence-electron chi connectivity index (χ0n) is 34.2. The molecule has 0 N–H and O–H groups in total. The van der Waals surface area contributed by atoms with Crippen LogP contribution in [0.1, 0.15) is 0 Å². The Morgan fingerprint density at radius 2 is 0.841 bits per heavy atom. The minimum Gasteiger partial charge on any atom is -0.456 e. The van der Waals surface area contributed by atoms with E-state index in [1.54, 1.807) is 0 Å². The van der Waals surface area contributed by atoms with Gasteiger partial charge in [-0.05, 0) is 127 Å². The van der Waals surface area contributed by atoms with Gasteiger partial charge in [-0.15, -0.1) is 0 Å². The molecule has 0 atom stereocenters. The predicted octanol–water partition coefficient (Wildman–Crippen LogP) is 16.9. The van der Waals surface area contributed by atoms with Crippen LogP contribution in [-0.2, 0) is 0 Å². The van der Waals surface area contributed by atoms with E-state index in [1.165, 1.54) is 70.8 Å². The predicted molar refractivity (Wildman–Crippen MR) is 266 cm³/mol. The molecule has 63 heavy (non-hydrogen) atoms. The van der Waals surface area contributed by atoms with Gasteiger partial charge < -0.3 is 13.9 Å². The lowest BCUT2D eigenvalue weighted by Crippen LogP contribution is -2.09. The van der Waals surface area contributed by atoms with Gasteiger partial charge in [0.05, 0.1) is 11.0 Å². The van der Waals surface area contributed by atoms with Crippen molar-refractivity contribution in [3.05, 3.63) is 231 Å². The Morgan fingerprint density at radius 3 is 1.62 bits per heavy atom. The fourth-order valence-electron chi connectivity index (χ4n) is 9.93. The minimum atomic E-state index is 0.864. The summed E-state index contributed by atoms with van der Waals surface area (Å²) >= 11 is 0. The van der Waals surface area contributed by atoms with E-state index in [1.807, 2.05) is 0 Å². The first-order chi connectivity index (χ1) is 31.2. The quantitative estimate of drug-likeness (QED) is 0.156. The number of hydrogen-bond acceptors (Lipinski definition) is 2. The average Bonchev–Trinajstić information content (AvgIpc) is 3.90. The van der Waals surface area contributed by atoms with E-state index in [9.17, 15) is 0 Å². The van der Waals surface area contributed by atoms with Crippen LogP contribution < -0.4 is 4.90 Å². The molecule has 294 valence electrons. The van der Waals surface area contributed by atoms with E-state index < -0.39 is 0 Å². The molecule has 0 bridgehead atoms. The third-order valence-corrected chi connectivity index (χ3v) is 13.0. The van der Waals surface area contributed by atoms with E-state index in [2.05, 4.69) is 240 Å². The van der Waals surface area contributed by atoms with Gasteiger partial charge in [0, 0.05) is 50.4 Å². The first-order valence-electron chi connectivity index (χ1n) is 21.6. The van der Waals surface area contributed by atoms with Gasteiger partial charge in [-0.2, -0.15) is 0 Å². The van der Waals surface area contributed by atoms with Gasteiger partial charge in [0.1, 0.15) is 11.2 Å². The van der Waals surface area contributed by atoms with E-state index in [0.29, 0.717) is 0 Å². The highest BCUT2D eigenvalue weighted by Gasteiger charge is 2.19. The van der Waals surface area contributed by atoms with Gasteiger partial charge in [0.15, 0.2) is 0 Å². The van der Waals surface area contributed by atoms with E-state index in [-0.39, 0.29) is 0 Å². The van der Waals surface area contributed by atoms with Gasteiger partial charge in [-0.1, -0.05) is 152 Å². The first-order valence-corrected chi connectivity index (χ1v) is 21.6. The molecular formula is C60H38N2O. The summed E-state index contributed by atoms with van der Waals surface area (Å²) in [6.45, 7) is 0. The summed E-state index contributed by atoms with van der Waals surface area (Å²) in [5.74, 6) is 0. The molecule has 0 amide bonds. The summed E-state index contributed by atoms with van der Waals surface area (Å²) in [7, 11) is 0. The summed E-state index contributed by atoms with van der Waals surface area (Å²) in [4.78, 5) is 2.36. The van der Waals surface area contributed by atoms with Crippen molar-refractivity contribution in [3.63, 3.8) is 0 Å². The molecule has 0 aliphatic heterocycles. The molecule has 11 aromatic carbocycles. The monoisotopic (exact) mass is 802 g/mol. The fraction of sp³-hybridized carbons (Fsp3) is 0. The summed E-state index contributed by atoms with van der Waals surface area (Å²) in [6.07, 6.45) is 0. The third-order valence-electron chi connectivity index (χ3n) is 13.0. The van der Waals surface area contributed by atoms with Crippen molar-refractivity contribution in [1.29, 1.82) is 0 Å². The summed E-state index contributed by atoms with van der Waals surface area (Å²) in [5.41, 5.74) is 13.3. The summed E-state index contributed by atoms with van der Waals surface area (Å²) < 4.78 is 9.00. The smallest absolute Gasteiger partial charge is 0.137 e. The van der Waals surface area contributed by atoms with Crippen LogP contribution in [0.4, 0.5) is 17.1 Å². The number of anilines is 3. The van der Waals surface area contributed by atoms with Crippen molar-refractivity contribution in [3.8, 4) is 27.9 Å². The van der Waals surface area contributed by atoms with Crippen molar-refractivity contribution in [2.75, 3.05) is 4.90 Å². The molecule has 13 aromatic rings. The Hall–Kier alpha value is -8.40. The maximum Gasteiger partial charge on any atom is 0.137 e. The lowest BCUT2D eigenvalue weighted by Gasteiger charge is -2.26. The van der Waals surface area contributed by atoms with Crippen LogP contribution in [0, 0.1) is 0 Å². The fourth-order valence-corrected chi connectivity index (χ4v) is 9.93. The molecule has 0 aliphatic carbocycles. The Bertz CT molecular complexity index is 3840. The second-order valence-electron chi connectivity index (χ2n) is 16.5. The molecule has 0 spiro atoms. The molecule has 0 unspecified atom stereocenters.